The number of ether oxygens (including phenoxy) is 1. The Kier molecular flexibility index (Phi) is 4.57. The van der Waals surface area contributed by atoms with Crippen LogP contribution in [0.3, 0.4) is 0 Å². The van der Waals surface area contributed by atoms with Gasteiger partial charge in [0.05, 0.1) is 13.2 Å². The fourth-order valence-corrected chi connectivity index (χ4v) is 2.89. The maximum absolute atomic E-state index is 13.2. The average molecular weight is 337 g/mol. The summed E-state index contributed by atoms with van der Waals surface area (Å²) in [6, 6.07) is 1.97. The van der Waals surface area contributed by atoms with Crippen molar-refractivity contribution in [2.24, 2.45) is 0 Å². The number of likely N-dealkylation sites (tertiary alicyclic amines) is 1. The predicted molar refractivity (Wildman–Crippen MR) is 79.5 cm³/mol. The maximum Gasteiger partial charge on any atom is 0.253 e. The van der Waals surface area contributed by atoms with Gasteiger partial charge in [0.25, 0.3) is 11.8 Å². The number of hydrogen-bond donors (Lipinski definition) is 0. The van der Waals surface area contributed by atoms with Crippen molar-refractivity contribution in [3.63, 3.8) is 0 Å². The molecular weight excluding hydrogens is 320 g/mol. The van der Waals surface area contributed by atoms with Crippen molar-refractivity contribution in [3.8, 4) is 6.07 Å². The Morgan fingerprint density at radius 2 is 2.00 bits per heavy atom. The number of anilines is 1. The summed E-state index contributed by atoms with van der Waals surface area (Å²) in [5.41, 5.74) is 0.184. The summed E-state index contributed by atoms with van der Waals surface area (Å²) in [4.78, 5) is 23.8. The van der Waals surface area contributed by atoms with Gasteiger partial charge in [-0.25, -0.2) is 18.7 Å². The van der Waals surface area contributed by atoms with Crippen LogP contribution < -0.4 is 4.90 Å². The summed E-state index contributed by atoms with van der Waals surface area (Å²) in [6.07, 6.45) is 1.52. The van der Waals surface area contributed by atoms with Crippen molar-refractivity contribution >= 4 is 11.7 Å². The van der Waals surface area contributed by atoms with Gasteiger partial charge < -0.3 is 14.5 Å². The number of aromatic nitrogens is 2. The molecular formula is C15H17F2N5O2. The van der Waals surface area contributed by atoms with Crippen molar-refractivity contribution in [2.75, 3.05) is 37.7 Å². The third kappa shape index (κ3) is 3.43. The predicted octanol–water partition coefficient (Wildman–Crippen LogP) is 0.811. The standard InChI is InChI=1S/C15H17F2N5O2/c16-15(17)1-5-21(6-2-15)14(23)12-10-22(7-8-24-12)13-11(9-18)19-3-4-20-13/h3-4,12H,1-2,5-8,10H2. The molecule has 0 bridgehead atoms. The molecule has 9 heteroatoms. The van der Waals surface area contributed by atoms with E-state index in [-0.39, 0.29) is 44.1 Å². The number of alkyl halides is 2. The molecule has 0 radical (unpaired) electrons. The fraction of sp³-hybridized carbons (Fsp3) is 0.600. The third-order valence-electron chi connectivity index (χ3n) is 4.23. The van der Waals surface area contributed by atoms with Gasteiger partial charge in [0.15, 0.2) is 17.6 Å². The second-order valence-corrected chi connectivity index (χ2v) is 5.83. The molecule has 1 atom stereocenters. The van der Waals surface area contributed by atoms with E-state index in [0.717, 1.165) is 0 Å². The van der Waals surface area contributed by atoms with E-state index in [1.165, 1.54) is 17.3 Å². The number of rotatable bonds is 2. The number of halogens is 2. The van der Waals surface area contributed by atoms with Crippen LogP contribution in [0.15, 0.2) is 12.4 Å². The first-order valence-electron chi connectivity index (χ1n) is 7.74. The van der Waals surface area contributed by atoms with Gasteiger partial charge in [0.2, 0.25) is 0 Å². The van der Waals surface area contributed by atoms with Gasteiger partial charge in [0, 0.05) is 44.9 Å². The van der Waals surface area contributed by atoms with Crippen molar-refractivity contribution < 1.29 is 18.3 Å². The normalized spacial score (nSPS) is 23.6. The lowest BCUT2D eigenvalue weighted by atomic mass is 10.1. The molecule has 2 saturated heterocycles. The van der Waals surface area contributed by atoms with E-state index in [0.29, 0.717) is 19.0 Å². The average Bonchev–Trinajstić information content (AvgIpc) is 2.61. The van der Waals surface area contributed by atoms with E-state index in [9.17, 15) is 13.6 Å². The van der Waals surface area contributed by atoms with Crippen LogP contribution in [0, 0.1) is 11.3 Å². The molecule has 0 aliphatic carbocycles. The van der Waals surface area contributed by atoms with E-state index >= 15 is 0 Å². The van der Waals surface area contributed by atoms with Crippen LogP contribution in [0.1, 0.15) is 18.5 Å². The van der Waals surface area contributed by atoms with Crippen LogP contribution in [0.4, 0.5) is 14.6 Å². The Morgan fingerprint density at radius 3 is 2.71 bits per heavy atom. The molecule has 0 saturated carbocycles. The number of nitriles is 1. The van der Waals surface area contributed by atoms with Crippen LogP contribution in [0.25, 0.3) is 0 Å². The van der Waals surface area contributed by atoms with Crippen LogP contribution in [0.2, 0.25) is 0 Å². The summed E-state index contributed by atoms with van der Waals surface area (Å²) in [6.45, 7) is 1.05. The number of piperidine rings is 1. The molecule has 0 aromatic carbocycles. The van der Waals surface area contributed by atoms with E-state index < -0.39 is 12.0 Å². The van der Waals surface area contributed by atoms with Crippen LogP contribution in [-0.4, -0.2) is 65.6 Å². The minimum atomic E-state index is -2.70. The zero-order valence-corrected chi connectivity index (χ0v) is 13.0. The topological polar surface area (TPSA) is 82.4 Å². The maximum atomic E-state index is 13.2. The highest BCUT2D eigenvalue weighted by Gasteiger charge is 2.38. The molecule has 1 aromatic rings. The molecule has 3 heterocycles. The molecule has 0 spiro atoms. The highest BCUT2D eigenvalue weighted by atomic mass is 19.3. The van der Waals surface area contributed by atoms with Crippen molar-refractivity contribution in [1.29, 1.82) is 5.26 Å². The third-order valence-corrected chi connectivity index (χ3v) is 4.23. The molecule has 1 aromatic heterocycles. The second-order valence-electron chi connectivity index (χ2n) is 5.83. The summed E-state index contributed by atoms with van der Waals surface area (Å²) in [5, 5.41) is 9.12. The quantitative estimate of drug-likeness (QED) is 0.794. The fourth-order valence-electron chi connectivity index (χ4n) is 2.89. The van der Waals surface area contributed by atoms with E-state index in [2.05, 4.69) is 9.97 Å². The summed E-state index contributed by atoms with van der Waals surface area (Å²) >= 11 is 0. The SMILES string of the molecule is N#Cc1nccnc1N1CCOC(C(=O)N2CCC(F)(F)CC2)C1. The highest BCUT2D eigenvalue weighted by molar-refractivity contribution is 5.82. The molecule has 0 N–H and O–H groups in total. The Hall–Kier alpha value is -2.34. The highest BCUT2D eigenvalue weighted by Crippen LogP contribution is 2.28. The van der Waals surface area contributed by atoms with Crippen molar-refractivity contribution in [3.05, 3.63) is 18.1 Å². The molecule has 128 valence electrons. The molecule has 2 aliphatic heterocycles. The molecule has 1 unspecified atom stereocenters. The van der Waals surface area contributed by atoms with Gasteiger partial charge in [-0.3, -0.25) is 4.79 Å². The molecule has 7 nitrogen and oxygen atoms in total. The lowest BCUT2D eigenvalue weighted by Crippen LogP contribution is -2.53. The van der Waals surface area contributed by atoms with E-state index in [1.807, 2.05) is 6.07 Å². The van der Waals surface area contributed by atoms with Gasteiger partial charge in [-0.15, -0.1) is 0 Å². The van der Waals surface area contributed by atoms with Crippen LogP contribution >= 0.6 is 0 Å². The number of nitrogens with zero attached hydrogens (tertiary/aromatic N) is 5. The minimum absolute atomic E-state index is 0.0281. The zero-order valence-electron chi connectivity index (χ0n) is 13.0. The Bertz CT molecular complexity index is 654. The van der Waals surface area contributed by atoms with E-state index in [4.69, 9.17) is 10.00 Å². The molecule has 24 heavy (non-hydrogen) atoms. The Morgan fingerprint density at radius 1 is 1.29 bits per heavy atom. The van der Waals surface area contributed by atoms with Gasteiger partial charge in [-0.1, -0.05) is 0 Å². The first-order valence-corrected chi connectivity index (χ1v) is 7.74. The van der Waals surface area contributed by atoms with Gasteiger partial charge in [-0.2, -0.15) is 5.26 Å². The zero-order chi connectivity index (χ0) is 17.2. The molecule has 2 aliphatic rings. The molecule has 3 rings (SSSR count). The monoisotopic (exact) mass is 337 g/mol. The largest absolute Gasteiger partial charge is 0.365 e. The Labute approximate surface area is 137 Å². The van der Waals surface area contributed by atoms with Crippen molar-refractivity contribution in [2.45, 2.75) is 24.9 Å². The molecule has 2 fully saturated rings. The van der Waals surface area contributed by atoms with Crippen molar-refractivity contribution in [1.82, 2.24) is 14.9 Å². The molecule has 1 amide bonds. The second kappa shape index (κ2) is 6.65. The smallest absolute Gasteiger partial charge is 0.253 e. The number of hydrogen-bond acceptors (Lipinski definition) is 6. The minimum Gasteiger partial charge on any atom is -0.365 e. The Balaban J connectivity index is 1.67. The number of carbonyl (C=O) groups is 1. The lowest BCUT2D eigenvalue weighted by molar-refractivity contribution is -0.150. The number of amides is 1. The first-order chi connectivity index (χ1) is 11.5. The number of carbonyl (C=O) groups excluding carboxylic acids is 1. The van der Waals surface area contributed by atoms with Crippen LogP contribution in [-0.2, 0) is 9.53 Å². The summed E-state index contributed by atoms with van der Waals surface area (Å²) < 4.78 is 32.0. The van der Waals surface area contributed by atoms with Gasteiger partial charge in [-0.05, 0) is 0 Å². The van der Waals surface area contributed by atoms with Gasteiger partial charge in [0.1, 0.15) is 6.07 Å². The number of morpholine rings is 1. The van der Waals surface area contributed by atoms with E-state index in [1.54, 1.807) is 4.90 Å². The summed E-state index contributed by atoms with van der Waals surface area (Å²) in [7, 11) is 0. The first kappa shape index (κ1) is 16.5. The lowest BCUT2D eigenvalue weighted by Gasteiger charge is -2.38. The summed E-state index contributed by atoms with van der Waals surface area (Å²) in [5.74, 6) is -2.58. The van der Waals surface area contributed by atoms with Crippen LogP contribution in [0.5, 0.6) is 0 Å². The van der Waals surface area contributed by atoms with Gasteiger partial charge >= 0.3 is 0 Å².